The molecule has 0 aliphatic rings. The highest BCUT2D eigenvalue weighted by Gasteiger charge is 2.17. The molecule has 1 heterocycles. The minimum absolute atomic E-state index is 0.320. The lowest BCUT2D eigenvalue weighted by Crippen LogP contribution is -2.19. The van der Waals surface area contributed by atoms with Gasteiger partial charge in [-0.2, -0.15) is 5.10 Å². The van der Waals surface area contributed by atoms with Gasteiger partial charge in [-0.3, -0.25) is 9.48 Å². The molecule has 2 rings (SSSR count). The average molecular weight is 344 g/mol. The molecule has 0 bridgehead atoms. The van der Waals surface area contributed by atoms with Crippen LogP contribution in [0.3, 0.4) is 0 Å². The second-order valence-corrected chi connectivity index (χ2v) is 5.02. The molecular weight excluding hydrogens is 332 g/mol. The van der Waals surface area contributed by atoms with Gasteiger partial charge in [0.15, 0.2) is 0 Å². The van der Waals surface area contributed by atoms with E-state index in [1.165, 1.54) is 6.20 Å². The second-order valence-electron chi connectivity index (χ2n) is 3.82. The molecule has 0 fully saturated rings. The van der Waals surface area contributed by atoms with Crippen molar-refractivity contribution in [2.45, 2.75) is 13.5 Å². The summed E-state index contributed by atoms with van der Waals surface area (Å²) in [5, 5.41) is 7.31. The summed E-state index contributed by atoms with van der Waals surface area (Å²) in [6, 6.07) is 5.23. The lowest BCUT2D eigenvalue weighted by Gasteiger charge is -2.10. The molecule has 7 heteroatoms. The smallest absolute Gasteiger partial charge is 0.276 e. The summed E-state index contributed by atoms with van der Waals surface area (Å²) in [5.74, 6) is -0.320. The molecule has 100 valence electrons. The monoisotopic (exact) mass is 342 g/mol. The molecule has 1 amide bonds. The maximum absolute atomic E-state index is 12.2. The molecule has 19 heavy (non-hydrogen) atoms. The Hall–Kier alpha value is -1.53. The lowest BCUT2D eigenvalue weighted by atomic mass is 10.3. The van der Waals surface area contributed by atoms with Crippen molar-refractivity contribution in [1.82, 2.24) is 9.78 Å². The van der Waals surface area contributed by atoms with Crippen LogP contribution in [0.4, 0.5) is 11.4 Å². The summed E-state index contributed by atoms with van der Waals surface area (Å²) >= 11 is 9.30. The molecule has 0 aliphatic carbocycles. The quantitative estimate of drug-likeness (QED) is 0.899. The Morgan fingerprint density at radius 3 is 3.00 bits per heavy atom. The highest BCUT2D eigenvalue weighted by molar-refractivity contribution is 9.10. The molecule has 0 radical (unpaired) electrons. The Balaban J connectivity index is 2.31. The van der Waals surface area contributed by atoms with Gasteiger partial charge in [-0.05, 0) is 35.0 Å². The number of aryl methyl sites for hydroxylation is 1. The molecule has 0 aliphatic heterocycles. The van der Waals surface area contributed by atoms with Crippen molar-refractivity contribution in [1.29, 1.82) is 0 Å². The number of nitrogens with zero attached hydrogens (tertiary/aromatic N) is 2. The van der Waals surface area contributed by atoms with Crippen molar-refractivity contribution >= 4 is 44.8 Å². The first-order valence-electron chi connectivity index (χ1n) is 5.61. The summed E-state index contributed by atoms with van der Waals surface area (Å²) in [6.45, 7) is 2.45. The van der Waals surface area contributed by atoms with Gasteiger partial charge in [0.1, 0.15) is 5.69 Å². The molecule has 0 spiro atoms. The maximum Gasteiger partial charge on any atom is 0.276 e. The first kappa shape index (κ1) is 13.9. The van der Waals surface area contributed by atoms with Crippen LogP contribution < -0.4 is 11.1 Å². The molecular formula is C12H12BrClN4O. The van der Waals surface area contributed by atoms with Crippen LogP contribution in [0.1, 0.15) is 17.4 Å². The zero-order valence-electron chi connectivity index (χ0n) is 10.2. The third kappa shape index (κ3) is 2.74. The first-order chi connectivity index (χ1) is 9.04. The van der Waals surface area contributed by atoms with Crippen LogP contribution in [0.5, 0.6) is 0 Å². The number of nitrogen functional groups attached to an aromatic ring is 1. The van der Waals surface area contributed by atoms with Crippen molar-refractivity contribution in [3.63, 3.8) is 0 Å². The molecule has 3 N–H and O–H groups in total. The second kappa shape index (κ2) is 5.63. The number of hydrogen-bond acceptors (Lipinski definition) is 3. The number of carbonyl (C=O) groups is 1. The fourth-order valence-electron chi connectivity index (χ4n) is 1.67. The van der Waals surface area contributed by atoms with Gasteiger partial charge in [0, 0.05) is 6.54 Å². The van der Waals surface area contributed by atoms with Gasteiger partial charge in [-0.15, -0.1) is 0 Å². The van der Waals surface area contributed by atoms with Crippen LogP contribution in [0, 0.1) is 0 Å². The SMILES string of the molecule is CCn1ncc(N)c1C(=O)Nc1cccc(Cl)c1Br. The van der Waals surface area contributed by atoms with Gasteiger partial charge in [-0.25, -0.2) is 0 Å². The molecule has 0 saturated carbocycles. The van der Waals surface area contributed by atoms with E-state index >= 15 is 0 Å². The Bertz CT molecular complexity index is 626. The van der Waals surface area contributed by atoms with Crippen LogP contribution in [0.2, 0.25) is 5.02 Å². The van der Waals surface area contributed by atoms with E-state index in [4.69, 9.17) is 17.3 Å². The fraction of sp³-hybridized carbons (Fsp3) is 0.167. The van der Waals surface area contributed by atoms with Crippen LogP contribution in [-0.2, 0) is 6.54 Å². The van der Waals surface area contributed by atoms with Crippen molar-refractivity contribution in [3.05, 3.63) is 39.6 Å². The van der Waals surface area contributed by atoms with E-state index in [-0.39, 0.29) is 5.91 Å². The molecule has 0 saturated heterocycles. The van der Waals surface area contributed by atoms with E-state index in [9.17, 15) is 4.79 Å². The van der Waals surface area contributed by atoms with Crippen molar-refractivity contribution < 1.29 is 4.79 Å². The third-order valence-corrected chi connectivity index (χ3v) is 3.98. The predicted octanol–water partition coefficient (Wildman–Crippen LogP) is 3.15. The van der Waals surface area contributed by atoms with Crippen LogP contribution in [0.25, 0.3) is 0 Å². The van der Waals surface area contributed by atoms with Gasteiger partial charge in [0.25, 0.3) is 5.91 Å². The van der Waals surface area contributed by atoms with Gasteiger partial charge in [0.05, 0.1) is 27.1 Å². The Morgan fingerprint density at radius 1 is 1.58 bits per heavy atom. The summed E-state index contributed by atoms with van der Waals surface area (Å²) < 4.78 is 2.18. The summed E-state index contributed by atoms with van der Waals surface area (Å²) in [5.41, 5.74) is 7.03. The van der Waals surface area contributed by atoms with Crippen molar-refractivity contribution in [2.75, 3.05) is 11.1 Å². The van der Waals surface area contributed by atoms with E-state index in [1.54, 1.807) is 22.9 Å². The summed E-state index contributed by atoms with van der Waals surface area (Å²) in [4.78, 5) is 12.2. The highest BCUT2D eigenvalue weighted by Crippen LogP contribution is 2.30. The van der Waals surface area contributed by atoms with Gasteiger partial charge in [0.2, 0.25) is 0 Å². The number of aromatic nitrogens is 2. The number of nitrogens with two attached hydrogens (primary N) is 1. The number of carbonyl (C=O) groups excluding carboxylic acids is 1. The molecule has 1 aromatic carbocycles. The number of rotatable bonds is 3. The standard InChI is InChI=1S/C12H12BrClN4O/c1-2-18-11(8(15)6-16-18)12(19)17-9-5-3-4-7(14)10(9)13/h3-6H,2,15H2,1H3,(H,17,19). The number of hydrogen-bond donors (Lipinski definition) is 2. The lowest BCUT2D eigenvalue weighted by molar-refractivity contribution is 0.101. The van der Waals surface area contributed by atoms with E-state index in [1.807, 2.05) is 6.92 Å². The Morgan fingerprint density at radius 2 is 2.32 bits per heavy atom. The van der Waals surface area contributed by atoms with Gasteiger partial charge in [-0.1, -0.05) is 17.7 Å². The van der Waals surface area contributed by atoms with Crippen LogP contribution >= 0.6 is 27.5 Å². The first-order valence-corrected chi connectivity index (χ1v) is 6.78. The number of amides is 1. The highest BCUT2D eigenvalue weighted by atomic mass is 79.9. The number of nitrogens with one attached hydrogen (secondary N) is 1. The summed E-state index contributed by atoms with van der Waals surface area (Å²) in [7, 11) is 0. The zero-order chi connectivity index (χ0) is 14.0. The number of halogens is 2. The van der Waals surface area contributed by atoms with E-state index in [2.05, 4.69) is 26.3 Å². The normalized spacial score (nSPS) is 10.5. The minimum Gasteiger partial charge on any atom is -0.396 e. The predicted molar refractivity (Wildman–Crippen MR) is 79.4 cm³/mol. The largest absolute Gasteiger partial charge is 0.396 e. The number of benzene rings is 1. The van der Waals surface area contributed by atoms with Gasteiger partial charge < -0.3 is 11.1 Å². The molecule has 0 unspecified atom stereocenters. The topological polar surface area (TPSA) is 72.9 Å². The third-order valence-electron chi connectivity index (χ3n) is 2.58. The minimum atomic E-state index is -0.320. The number of anilines is 2. The van der Waals surface area contributed by atoms with E-state index in [0.717, 1.165) is 0 Å². The van der Waals surface area contributed by atoms with Crippen molar-refractivity contribution in [3.8, 4) is 0 Å². The molecule has 2 aromatic rings. The van der Waals surface area contributed by atoms with Crippen LogP contribution in [0.15, 0.2) is 28.9 Å². The van der Waals surface area contributed by atoms with Crippen molar-refractivity contribution in [2.24, 2.45) is 0 Å². The summed E-state index contributed by atoms with van der Waals surface area (Å²) in [6.07, 6.45) is 1.46. The molecule has 5 nitrogen and oxygen atoms in total. The average Bonchev–Trinajstić information content (AvgIpc) is 2.76. The zero-order valence-corrected chi connectivity index (χ0v) is 12.5. The molecule has 0 atom stereocenters. The Labute approximate surface area is 123 Å². The molecule has 1 aromatic heterocycles. The van der Waals surface area contributed by atoms with Crippen LogP contribution in [-0.4, -0.2) is 15.7 Å². The van der Waals surface area contributed by atoms with E-state index < -0.39 is 0 Å². The van der Waals surface area contributed by atoms with Gasteiger partial charge >= 0.3 is 0 Å². The maximum atomic E-state index is 12.2. The fourth-order valence-corrected chi connectivity index (χ4v) is 2.21. The Kier molecular flexibility index (Phi) is 4.11. The van der Waals surface area contributed by atoms with E-state index in [0.29, 0.717) is 33.1 Å².